The molecule has 35 heavy (non-hydrogen) atoms. The number of nitrogens with zero attached hydrogens (tertiary/aromatic N) is 1. The molecule has 3 heteroatoms. The minimum absolute atomic E-state index is 0.0299. The molecule has 1 unspecified atom stereocenters. The minimum Gasteiger partial charge on any atom is -0.302 e. The van der Waals surface area contributed by atoms with Gasteiger partial charge in [-0.3, -0.25) is 4.98 Å². The van der Waals surface area contributed by atoms with E-state index in [2.05, 4.69) is 134 Å². The maximum absolute atomic E-state index is 4.73. The van der Waals surface area contributed by atoms with Crippen LogP contribution in [0.3, 0.4) is 0 Å². The monoisotopic (exact) mass is 474 g/mol. The van der Waals surface area contributed by atoms with Crippen LogP contribution in [0.15, 0.2) is 133 Å². The van der Waals surface area contributed by atoms with Gasteiger partial charge >= 0.3 is 0 Å². The summed E-state index contributed by atoms with van der Waals surface area (Å²) in [4.78, 5) is 4.73. The number of allylic oxidation sites excluding steroid dienone is 2. The summed E-state index contributed by atoms with van der Waals surface area (Å²) in [5.74, 6) is 0.303. The summed E-state index contributed by atoms with van der Waals surface area (Å²) in [7, 11) is -0.621. The van der Waals surface area contributed by atoms with Crippen LogP contribution in [0.1, 0.15) is 29.8 Å². The predicted molar refractivity (Wildman–Crippen MR) is 150 cm³/mol. The topological polar surface area (TPSA) is 24.9 Å². The summed E-state index contributed by atoms with van der Waals surface area (Å²) >= 11 is 0. The van der Waals surface area contributed by atoms with Crippen molar-refractivity contribution in [2.45, 2.75) is 25.9 Å². The van der Waals surface area contributed by atoms with Crippen molar-refractivity contribution in [2.75, 3.05) is 0 Å². The van der Waals surface area contributed by atoms with Crippen LogP contribution in [-0.2, 0) is 0 Å². The summed E-state index contributed by atoms with van der Waals surface area (Å²) in [5.41, 5.74) is 3.60. The highest BCUT2D eigenvalue weighted by Crippen LogP contribution is 2.50. The van der Waals surface area contributed by atoms with Crippen molar-refractivity contribution in [3.63, 3.8) is 0 Å². The molecule has 0 bridgehead atoms. The van der Waals surface area contributed by atoms with Crippen molar-refractivity contribution in [1.82, 2.24) is 10.3 Å². The van der Waals surface area contributed by atoms with Crippen LogP contribution in [0.2, 0.25) is 0 Å². The Morgan fingerprint density at radius 1 is 0.771 bits per heavy atom. The molecular formula is C32H31N2P. The Bertz CT molecular complexity index is 1260. The molecule has 0 aliphatic heterocycles. The van der Waals surface area contributed by atoms with Crippen LogP contribution in [0.25, 0.3) is 0 Å². The molecule has 5 rings (SSSR count). The van der Waals surface area contributed by atoms with Crippen molar-refractivity contribution in [2.24, 2.45) is 5.92 Å². The molecular weight excluding hydrogens is 443 g/mol. The molecule has 0 amide bonds. The van der Waals surface area contributed by atoms with Gasteiger partial charge in [-0.2, -0.15) is 0 Å². The molecule has 0 saturated carbocycles. The molecule has 3 aromatic carbocycles. The average Bonchev–Trinajstić information content (AvgIpc) is 3.39. The number of aryl methyl sites for hydroxylation is 1. The van der Waals surface area contributed by atoms with Crippen molar-refractivity contribution in [3.8, 4) is 0 Å². The number of rotatable bonds is 8. The van der Waals surface area contributed by atoms with Crippen LogP contribution in [0.4, 0.5) is 0 Å². The molecule has 1 aliphatic carbocycles. The Kier molecular flexibility index (Phi) is 7.33. The molecule has 1 N–H and O–H groups in total. The van der Waals surface area contributed by atoms with Gasteiger partial charge < -0.3 is 5.32 Å². The van der Waals surface area contributed by atoms with E-state index in [4.69, 9.17) is 4.98 Å². The predicted octanol–water partition coefficient (Wildman–Crippen LogP) is 6.66. The normalized spacial score (nSPS) is 16.8. The highest BCUT2D eigenvalue weighted by atomic mass is 31.1. The molecule has 0 radical (unpaired) electrons. The number of nitrogens with one attached hydrogen (secondary N) is 1. The molecule has 0 fully saturated rings. The molecule has 1 aliphatic rings. The van der Waals surface area contributed by atoms with E-state index in [1.54, 1.807) is 0 Å². The summed E-state index contributed by atoms with van der Waals surface area (Å²) in [6, 6.07) is 37.0. The summed E-state index contributed by atoms with van der Waals surface area (Å²) in [6.07, 6.45) is 8.83. The molecule has 3 atom stereocenters. The summed E-state index contributed by atoms with van der Waals surface area (Å²) < 4.78 is 0. The second-order valence-electron chi connectivity index (χ2n) is 9.01. The Labute approximate surface area is 210 Å². The van der Waals surface area contributed by atoms with Crippen molar-refractivity contribution in [1.29, 1.82) is 0 Å². The van der Waals surface area contributed by atoms with E-state index in [1.165, 1.54) is 27.1 Å². The second-order valence-corrected chi connectivity index (χ2v) is 11.2. The Morgan fingerprint density at radius 3 is 2.03 bits per heavy atom. The molecule has 4 aromatic rings. The van der Waals surface area contributed by atoms with Gasteiger partial charge in [-0.15, -0.1) is 0 Å². The molecule has 2 nitrogen and oxygen atoms in total. The van der Waals surface area contributed by atoms with Gasteiger partial charge in [0.15, 0.2) is 0 Å². The van der Waals surface area contributed by atoms with Gasteiger partial charge in [0.2, 0.25) is 0 Å². The maximum Gasteiger partial charge on any atom is 0.0756 e. The van der Waals surface area contributed by atoms with Gasteiger partial charge in [-0.05, 0) is 61.0 Å². The minimum atomic E-state index is -0.621. The fourth-order valence-electron chi connectivity index (χ4n) is 4.89. The standard InChI is InChI=1S/C32H31N2P/c1-24-14-9-10-19-28(24)32(30-21-11-12-23-33-30)34-25(2)29-20-13-22-31(29)35(26-15-5-3-6-16-26)27-17-7-4-8-18-27/h3-23,25,29,32,34H,1-2H3/t25-,29?,32+/m0/s1. The molecule has 1 heterocycles. The van der Waals surface area contributed by atoms with Crippen LogP contribution in [0.5, 0.6) is 0 Å². The van der Waals surface area contributed by atoms with Gasteiger partial charge in [-0.1, -0.05) is 109 Å². The fourth-order valence-corrected chi connectivity index (χ4v) is 7.57. The third-order valence-electron chi connectivity index (χ3n) is 6.67. The second kappa shape index (κ2) is 11.0. The fraction of sp³-hybridized carbons (Fsp3) is 0.156. The van der Waals surface area contributed by atoms with Gasteiger partial charge in [0, 0.05) is 18.2 Å². The number of hydrogen-bond acceptors (Lipinski definition) is 2. The van der Waals surface area contributed by atoms with Crippen molar-refractivity contribution in [3.05, 3.63) is 150 Å². The lowest BCUT2D eigenvalue weighted by molar-refractivity contribution is 0.444. The van der Waals surface area contributed by atoms with E-state index in [9.17, 15) is 0 Å². The summed E-state index contributed by atoms with van der Waals surface area (Å²) in [6.45, 7) is 4.49. The smallest absolute Gasteiger partial charge is 0.0756 e. The van der Waals surface area contributed by atoms with E-state index in [-0.39, 0.29) is 12.1 Å². The number of benzene rings is 3. The first-order valence-corrected chi connectivity index (χ1v) is 13.6. The Balaban J connectivity index is 1.48. The molecule has 174 valence electrons. The van der Waals surface area contributed by atoms with Gasteiger partial charge in [0.25, 0.3) is 0 Å². The van der Waals surface area contributed by atoms with Gasteiger partial charge in [-0.25, -0.2) is 0 Å². The van der Waals surface area contributed by atoms with E-state index in [1.807, 2.05) is 12.3 Å². The molecule has 0 saturated heterocycles. The number of aromatic nitrogens is 1. The quantitative estimate of drug-likeness (QED) is 0.289. The lowest BCUT2D eigenvalue weighted by Gasteiger charge is -2.32. The van der Waals surface area contributed by atoms with E-state index in [0.717, 1.165) is 5.69 Å². The first-order valence-electron chi connectivity index (χ1n) is 12.2. The van der Waals surface area contributed by atoms with Gasteiger partial charge in [0.05, 0.1) is 11.7 Å². The third-order valence-corrected chi connectivity index (χ3v) is 9.26. The molecule has 0 spiro atoms. The number of pyridine rings is 1. The maximum atomic E-state index is 4.73. The SMILES string of the molecule is Cc1ccccc1[C@@H](N[C@@H](C)C1C=CC=C1P(c1ccccc1)c1ccccc1)c1ccccn1. The van der Waals surface area contributed by atoms with Crippen LogP contribution < -0.4 is 15.9 Å². The van der Waals surface area contributed by atoms with E-state index < -0.39 is 7.92 Å². The zero-order chi connectivity index (χ0) is 24.0. The van der Waals surface area contributed by atoms with Gasteiger partial charge in [0.1, 0.15) is 0 Å². The molecule has 1 aromatic heterocycles. The lowest BCUT2D eigenvalue weighted by atomic mass is 9.95. The Hall–Kier alpha value is -3.32. The van der Waals surface area contributed by atoms with Crippen molar-refractivity contribution < 1.29 is 0 Å². The van der Waals surface area contributed by atoms with E-state index in [0.29, 0.717) is 5.92 Å². The average molecular weight is 475 g/mol. The highest BCUT2D eigenvalue weighted by molar-refractivity contribution is 7.76. The van der Waals surface area contributed by atoms with E-state index >= 15 is 0 Å². The zero-order valence-electron chi connectivity index (χ0n) is 20.3. The largest absolute Gasteiger partial charge is 0.302 e. The first-order chi connectivity index (χ1) is 17.2. The Morgan fingerprint density at radius 2 is 1.40 bits per heavy atom. The van der Waals surface area contributed by atoms with Crippen LogP contribution >= 0.6 is 7.92 Å². The highest BCUT2D eigenvalue weighted by Gasteiger charge is 2.31. The lowest BCUT2D eigenvalue weighted by Crippen LogP contribution is -2.37. The third kappa shape index (κ3) is 5.20. The van der Waals surface area contributed by atoms with Crippen molar-refractivity contribution >= 4 is 18.5 Å². The van der Waals surface area contributed by atoms with Crippen LogP contribution in [-0.4, -0.2) is 11.0 Å². The zero-order valence-corrected chi connectivity index (χ0v) is 21.1. The van der Waals surface area contributed by atoms with Crippen LogP contribution in [0, 0.1) is 12.8 Å². The first kappa shape index (κ1) is 23.4. The number of hydrogen-bond donors (Lipinski definition) is 1. The summed E-state index contributed by atoms with van der Waals surface area (Å²) in [5, 5.41) is 8.24.